The molecule has 102 valence electrons. The van der Waals surface area contributed by atoms with Crippen molar-refractivity contribution in [1.82, 2.24) is 14.9 Å². The van der Waals surface area contributed by atoms with Crippen LogP contribution >= 0.6 is 11.6 Å². The molecule has 1 aromatic heterocycles. The molecule has 1 aromatic carbocycles. The Morgan fingerprint density at radius 2 is 2.05 bits per heavy atom. The highest BCUT2D eigenvalue weighted by molar-refractivity contribution is 6.30. The third kappa shape index (κ3) is 3.82. The molecule has 0 bridgehead atoms. The summed E-state index contributed by atoms with van der Waals surface area (Å²) in [4.78, 5) is 4.33. The van der Waals surface area contributed by atoms with Crippen LogP contribution in [0.1, 0.15) is 37.2 Å². The number of rotatable bonds is 6. The highest BCUT2D eigenvalue weighted by Crippen LogP contribution is 2.21. The third-order valence-electron chi connectivity index (χ3n) is 3.28. The topological polar surface area (TPSA) is 29.9 Å². The molecule has 0 saturated carbocycles. The minimum atomic E-state index is 0.346. The zero-order valence-electron chi connectivity index (χ0n) is 11.4. The molecular weight excluding hydrogens is 258 g/mol. The smallest absolute Gasteiger partial charge is 0.122 e. The molecule has 2 rings (SSSR count). The third-order valence-corrected chi connectivity index (χ3v) is 3.53. The first-order valence-electron chi connectivity index (χ1n) is 6.65. The van der Waals surface area contributed by atoms with E-state index in [1.807, 2.05) is 36.1 Å². The number of nitrogens with zero attached hydrogens (tertiary/aromatic N) is 2. The van der Waals surface area contributed by atoms with Gasteiger partial charge in [0.2, 0.25) is 0 Å². The summed E-state index contributed by atoms with van der Waals surface area (Å²) in [7, 11) is 2.02. The first kappa shape index (κ1) is 14.1. The monoisotopic (exact) mass is 277 g/mol. The van der Waals surface area contributed by atoms with Crippen molar-refractivity contribution in [2.24, 2.45) is 7.05 Å². The van der Waals surface area contributed by atoms with E-state index in [4.69, 9.17) is 11.6 Å². The Morgan fingerprint density at radius 1 is 1.32 bits per heavy atom. The summed E-state index contributed by atoms with van der Waals surface area (Å²) in [6.45, 7) is 2.97. The van der Waals surface area contributed by atoms with Crippen LogP contribution in [-0.4, -0.2) is 9.55 Å². The first-order valence-corrected chi connectivity index (χ1v) is 7.03. The summed E-state index contributed by atoms with van der Waals surface area (Å²) in [5.74, 6) is 1.05. The largest absolute Gasteiger partial charge is 0.337 e. The Kier molecular flexibility index (Phi) is 5.00. The second-order valence-electron chi connectivity index (χ2n) is 4.73. The lowest BCUT2D eigenvalue weighted by Crippen LogP contribution is -2.22. The van der Waals surface area contributed by atoms with Gasteiger partial charge < -0.3 is 9.88 Å². The fourth-order valence-electron chi connectivity index (χ4n) is 2.15. The predicted octanol–water partition coefficient (Wildman–Crippen LogP) is 3.70. The van der Waals surface area contributed by atoms with Crippen molar-refractivity contribution in [3.05, 3.63) is 53.1 Å². The number of aryl methyl sites for hydroxylation is 1. The van der Waals surface area contributed by atoms with Crippen LogP contribution in [-0.2, 0) is 13.6 Å². The summed E-state index contributed by atoms with van der Waals surface area (Å²) in [5, 5.41) is 4.35. The summed E-state index contributed by atoms with van der Waals surface area (Å²) < 4.78 is 2.04. The van der Waals surface area contributed by atoms with Crippen LogP contribution in [0.2, 0.25) is 5.02 Å². The molecule has 0 amide bonds. The maximum Gasteiger partial charge on any atom is 0.122 e. The molecule has 0 saturated heterocycles. The quantitative estimate of drug-likeness (QED) is 0.872. The van der Waals surface area contributed by atoms with Gasteiger partial charge in [-0.05, 0) is 24.1 Å². The molecule has 2 aromatic rings. The van der Waals surface area contributed by atoms with Crippen LogP contribution in [0.4, 0.5) is 0 Å². The fourth-order valence-corrected chi connectivity index (χ4v) is 2.28. The summed E-state index contributed by atoms with van der Waals surface area (Å²) in [6, 6.07) is 8.42. The molecule has 4 heteroatoms. The normalized spacial score (nSPS) is 12.6. The Balaban J connectivity index is 2.04. The highest BCUT2D eigenvalue weighted by atomic mass is 35.5. The Morgan fingerprint density at radius 3 is 2.63 bits per heavy atom. The van der Waals surface area contributed by atoms with Gasteiger partial charge in [0.25, 0.3) is 0 Å². The second kappa shape index (κ2) is 6.73. The van der Waals surface area contributed by atoms with Gasteiger partial charge in [0.15, 0.2) is 0 Å². The van der Waals surface area contributed by atoms with E-state index < -0.39 is 0 Å². The highest BCUT2D eigenvalue weighted by Gasteiger charge is 2.11. The average Bonchev–Trinajstić information content (AvgIpc) is 2.81. The van der Waals surface area contributed by atoms with Crippen molar-refractivity contribution in [2.45, 2.75) is 32.4 Å². The van der Waals surface area contributed by atoms with Crippen molar-refractivity contribution in [2.75, 3.05) is 0 Å². The maximum atomic E-state index is 5.94. The minimum absolute atomic E-state index is 0.346. The number of hydrogen-bond acceptors (Lipinski definition) is 2. The van der Waals surface area contributed by atoms with Gasteiger partial charge in [-0.1, -0.05) is 37.1 Å². The number of benzene rings is 1. The van der Waals surface area contributed by atoms with Crippen molar-refractivity contribution >= 4 is 11.6 Å². The lowest BCUT2D eigenvalue weighted by atomic mass is 10.0. The lowest BCUT2D eigenvalue weighted by Gasteiger charge is -2.18. The molecule has 0 spiro atoms. The molecule has 0 radical (unpaired) electrons. The van der Waals surface area contributed by atoms with E-state index in [1.54, 1.807) is 0 Å². The molecule has 1 atom stereocenters. The van der Waals surface area contributed by atoms with E-state index in [-0.39, 0.29) is 0 Å². The second-order valence-corrected chi connectivity index (χ2v) is 5.16. The Labute approximate surface area is 119 Å². The minimum Gasteiger partial charge on any atom is -0.337 e. The van der Waals surface area contributed by atoms with E-state index in [9.17, 15) is 0 Å². The molecule has 1 unspecified atom stereocenters. The molecule has 19 heavy (non-hydrogen) atoms. The zero-order valence-corrected chi connectivity index (χ0v) is 12.2. The molecule has 1 heterocycles. The number of aromatic nitrogens is 2. The number of hydrogen-bond donors (Lipinski definition) is 1. The molecule has 1 N–H and O–H groups in total. The van der Waals surface area contributed by atoms with Crippen molar-refractivity contribution in [3.63, 3.8) is 0 Å². The predicted molar refractivity (Wildman–Crippen MR) is 79.1 cm³/mol. The van der Waals surface area contributed by atoms with E-state index in [2.05, 4.69) is 29.4 Å². The van der Waals surface area contributed by atoms with Crippen LogP contribution in [0.5, 0.6) is 0 Å². The van der Waals surface area contributed by atoms with E-state index in [1.165, 1.54) is 5.56 Å². The molecule has 0 aliphatic heterocycles. The van der Waals surface area contributed by atoms with Gasteiger partial charge in [0.05, 0.1) is 6.54 Å². The molecule has 0 fully saturated rings. The molecular formula is C15H20ClN3. The average molecular weight is 278 g/mol. The van der Waals surface area contributed by atoms with Crippen LogP contribution in [0.3, 0.4) is 0 Å². The Bertz CT molecular complexity index is 504. The van der Waals surface area contributed by atoms with Crippen molar-refractivity contribution < 1.29 is 0 Å². The van der Waals surface area contributed by atoms with Gasteiger partial charge in [-0.25, -0.2) is 4.98 Å². The van der Waals surface area contributed by atoms with Gasteiger partial charge in [0, 0.05) is 30.5 Å². The molecule has 0 aliphatic carbocycles. The standard InChI is InChI=1S/C15H20ClN3/c1-3-4-14(12-5-7-13(16)8-6-12)18-11-15-17-9-10-19(15)2/h5-10,14,18H,3-4,11H2,1-2H3. The fraction of sp³-hybridized carbons (Fsp3) is 0.400. The van der Waals surface area contributed by atoms with E-state index >= 15 is 0 Å². The SMILES string of the molecule is CCCC(NCc1nccn1C)c1ccc(Cl)cc1. The van der Waals surface area contributed by atoms with Crippen LogP contribution in [0, 0.1) is 0 Å². The first-order chi connectivity index (χ1) is 9.20. The Hall–Kier alpha value is -1.32. The van der Waals surface area contributed by atoms with Crippen LogP contribution in [0.25, 0.3) is 0 Å². The van der Waals surface area contributed by atoms with E-state index in [0.717, 1.165) is 30.2 Å². The summed E-state index contributed by atoms with van der Waals surface area (Å²) in [5.41, 5.74) is 1.28. The number of halogens is 1. The number of imidazole rings is 1. The molecule has 0 aliphatic rings. The van der Waals surface area contributed by atoms with Gasteiger partial charge in [-0.15, -0.1) is 0 Å². The van der Waals surface area contributed by atoms with Gasteiger partial charge >= 0.3 is 0 Å². The molecule has 3 nitrogen and oxygen atoms in total. The summed E-state index contributed by atoms with van der Waals surface area (Å²) in [6.07, 6.45) is 6.04. The van der Waals surface area contributed by atoms with Gasteiger partial charge in [-0.2, -0.15) is 0 Å². The summed E-state index contributed by atoms with van der Waals surface area (Å²) >= 11 is 5.94. The zero-order chi connectivity index (χ0) is 13.7. The van der Waals surface area contributed by atoms with E-state index in [0.29, 0.717) is 6.04 Å². The number of nitrogens with one attached hydrogen (secondary N) is 1. The van der Waals surface area contributed by atoms with Crippen molar-refractivity contribution in [3.8, 4) is 0 Å². The van der Waals surface area contributed by atoms with Crippen molar-refractivity contribution in [1.29, 1.82) is 0 Å². The van der Waals surface area contributed by atoms with Gasteiger partial charge in [-0.3, -0.25) is 0 Å². The van der Waals surface area contributed by atoms with Crippen LogP contribution < -0.4 is 5.32 Å². The lowest BCUT2D eigenvalue weighted by molar-refractivity contribution is 0.480. The maximum absolute atomic E-state index is 5.94. The van der Waals surface area contributed by atoms with Crippen LogP contribution in [0.15, 0.2) is 36.7 Å². The van der Waals surface area contributed by atoms with Gasteiger partial charge in [0.1, 0.15) is 5.82 Å².